The van der Waals surface area contributed by atoms with Gasteiger partial charge >= 0.3 is 0 Å². The molecule has 1 heterocycles. The second kappa shape index (κ2) is 11.7. The number of nitrogens with two attached hydrogens (primary N) is 1. The van der Waals surface area contributed by atoms with E-state index in [2.05, 4.69) is 40.5 Å². The summed E-state index contributed by atoms with van der Waals surface area (Å²) in [5, 5.41) is 3.03. The van der Waals surface area contributed by atoms with Crippen LogP contribution in [0, 0.1) is 5.92 Å². The van der Waals surface area contributed by atoms with Crippen molar-refractivity contribution in [2.75, 3.05) is 38.2 Å². The third-order valence-corrected chi connectivity index (χ3v) is 5.11. The number of rotatable bonds is 9. The normalized spacial score (nSPS) is 18.8. The minimum absolute atomic E-state index is 0. The van der Waals surface area contributed by atoms with Gasteiger partial charge in [-0.3, -0.25) is 4.79 Å². The molecule has 3 N–H and O–H groups in total. The number of nitrogens with one attached hydrogen (secondary N) is 1. The van der Waals surface area contributed by atoms with Crippen LogP contribution in [0.2, 0.25) is 0 Å². The predicted octanol–water partition coefficient (Wildman–Crippen LogP) is 2.17. The monoisotopic (exact) mass is 371 g/mol. The third-order valence-electron chi connectivity index (χ3n) is 4.46. The zero-order chi connectivity index (χ0) is 16.5. The quantitative estimate of drug-likeness (QED) is 0.698. The predicted molar refractivity (Wildman–Crippen MR) is 106 cm³/mol. The van der Waals surface area contributed by atoms with E-state index in [4.69, 9.17) is 5.73 Å². The first-order valence-electron chi connectivity index (χ1n) is 8.47. The van der Waals surface area contributed by atoms with E-state index in [9.17, 15) is 4.79 Å². The van der Waals surface area contributed by atoms with Gasteiger partial charge in [0.2, 0.25) is 5.91 Å². The lowest BCUT2D eigenvalue weighted by Crippen LogP contribution is -2.43. The summed E-state index contributed by atoms with van der Waals surface area (Å²) in [6, 6.07) is 10.3. The SMILES string of the molecule is CSCC[C@H](N)C(=O)NCC1CCN(CCc2ccccc2)C1.Cl. The van der Waals surface area contributed by atoms with Crippen LogP contribution in [0.4, 0.5) is 0 Å². The van der Waals surface area contributed by atoms with Gasteiger partial charge in [0.15, 0.2) is 0 Å². The number of carbonyl (C=O) groups is 1. The summed E-state index contributed by atoms with van der Waals surface area (Å²) in [6.45, 7) is 4.06. The van der Waals surface area contributed by atoms with Crippen molar-refractivity contribution in [1.29, 1.82) is 0 Å². The number of thioether (sulfide) groups is 1. The Hall–Kier alpha value is -0.750. The lowest BCUT2D eigenvalue weighted by atomic mass is 10.1. The minimum atomic E-state index is -0.363. The Bertz CT molecular complexity index is 475. The van der Waals surface area contributed by atoms with Gasteiger partial charge in [0, 0.05) is 19.6 Å². The number of benzene rings is 1. The Morgan fingerprint density at radius 1 is 1.42 bits per heavy atom. The van der Waals surface area contributed by atoms with E-state index in [0.29, 0.717) is 5.92 Å². The second-order valence-electron chi connectivity index (χ2n) is 6.32. The van der Waals surface area contributed by atoms with Gasteiger partial charge in [0.05, 0.1) is 6.04 Å². The number of hydrogen-bond donors (Lipinski definition) is 2. The molecule has 1 saturated heterocycles. The highest BCUT2D eigenvalue weighted by atomic mass is 35.5. The number of carbonyl (C=O) groups excluding carboxylic acids is 1. The van der Waals surface area contributed by atoms with Gasteiger partial charge in [0.25, 0.3) is 0 Å². The average molecular weight is 372 g/mol. The fraction of sp³-hybridized carbons (Fsp3) is 0.611. The van der Waals surface area contributed by atoms with Gasteiger partial charge in [-0.15, -0.1) is 12.4 Å². The smallest absolute Gasteiger partial charge is 0.236 e. The van der Waals surface area contributed by atoms with Crippen LogP contribution < -0.4 is 11.1 Å². The molecule has 2 rings (SSSR count). The largest absolute Gasteiger partial charge is 0.354 e. The molecule has 4 nitrogen and oxygen atoms in total. The summed E-state index contributed by atoms with van der Waals surface area (Å²) in [6.07, 6.45) is 5.04. The van der Waals surface area contributed by atoms with Crippen LogP contribution in [-0.2, 0) is 11.2 Å². The minimum Gasteiger partial charge on any atom is -0.354 e. The summed E-state index contributed by atoms with van der Waals surface area (Å²) in [4.78, 5) is 14.4. The van der Waals surface area contributed by atoms with Gasteiger partial charge in [0.1, 0.15) is 0 Å². The highest BCUT2D eigenvalue weighted by Crippen LogP contribution is 2.16. The molecule has 0 aliphatic carbocycles. The van der Waals surface area contributed by atoms with Gasteiger partial charge in [-0.25, -0.2) is 0 Å². The molecule has 1 unspecified atom stereocenters. The van der Waals surface area contributed by atoms with Crippen molar-refractivity contribution in [2.45, 2.75) is 25.3 Å². The van der Waals surface area contributed by atoms with Crippen LogP contribution in [-0.4, -0.2) is 55.0 Å². The summed E-state index contributed by atoms with van der Waals surface area (Å²) >= 11 is 1.73. The summed E-state index contributed by atoms with van der Waals surface area (Å²) in [5.74, 6) is 1.50. The molecule has 6 heteroatoms. The molecule has 24 heavy (non-hydrogen) atoms. The molecule has 2 atom stereocenters. The first-order valence-corrected chi connectivity index (χ1v) is 9.87. The molecule has 0 radical (unpaired) electrons. The number of hydrogen-bond acceptors (Lipinski definition) is 4. The average Bonchev–Trinajstić information content (AvgIpc) is 3.04. The summed E-state index contributed by atoms with van der Waals surface area (Å²) in [5.41, 5.74) is 7.28. The Kier molecular flexibility index (Phi) is 10.4. The van der Waals surface area contributed by atoms with Crippen molar-refractivity contribution in [3.05, 3.63) is 35.9 Å². The lowest BCUT2D eigenvalue weighted by molar-refractivity contribution is -0.122. The van der Waals surface area contributed by atoms with Gasteiger partial charge in [-0.05, 0) is 49.3 Å². The Labute approximate surface area is 156 Å². The first kappa shape index (κ1) is 21.3. The fourth-order valence-electron chi connectivity index (χ4n) is 2.97. The summed E-state index contributed by atoms with van der Waals surface area (Å²) in [7, 11) is 0. The van der Waals surface area contributed by atoms with E-state index in [-0.39, 0.29) is 24.4 Å². The van der Waals surface area contributed by atoms with E-state index in [1.54, 1.807) is 11.8 Å². The maximum Gasteiger partial charge on any atom is 0.236 e. The van der Waals surface area contributed by atoms with Gasteiger partial charge < -0.3 is 16.0 Å². The molecule has 0 aromatic heterocycles. The van der Waals surface area contributed by atoms with E-state index in [0.717, 1.165) is 51.2 Å². The van der Waals surface area contributed by atoms with Gasteiger partial charge in [-0.1, -0.05) is 30.3 Å². The Morgan fingerprint density at radius 2 is 2.17 bits per heavy atom. The van der Waals surface area contributed by atoms with Crippen molar-refractivity contribution in [3.63, 3.8) is 0 Å². The fourth-order valence-corrected chi connectivity index (χ4v) is 3.46. The van der Waals surface area contributed by atoms with E-state index < -0.39 is 0 Å². The third kappa shape index (κ3) is 7.43. The van der Waals surface area contributed by atoms with Crippen LogP contribution in [0.1, 0.15) is 18.4 Å². The molecular weight excluding hydrogens is 342 g/mol. The molecule has 1 fully saturated rings. The first-order chi connectivity index (χ1) is 11.2. The van der Waals surface area contributed by atoms with E-state index in [1.807, 2.05) is 6.26 Å². The maximum absolute atomic E-state index is 11.9. The van der Waals surface area contributed by atoms with Crippen LogP contribution in [0.25, 0.3) is 0 Å². The second-order valence-corrected chi connectivity index (χ2v) is 7.31. The zero-order valence-electron chi connectivity index (χ0n) is 14.4. The van der Waals surface area contributed by atoms with Crippen LogP contribution >= 0.6 is 24.2 Å². The zero-order valence-corrected chi connectivity index (χ0v) is 16.1. The highest BCUT2D eigenvalue weighted by Gasteiger charge is 2.23. The molecule has 1 amide bonds. The molecular formula is C18H30ClN3OS. The molecule has 0 bridgehead atoms. The number of halogens is 1. The van der Waals surface area contributed by atoms with E-state index >= 15 is 0 Å². The lowest BCUT2D eigenvalue weighted by Gasteiger charge is -2.17. The number of amides is 1. The van der Waals surface area contributed by atoms with Crippen LogP contribution in [0.5, 0.6) is 0 Å². The van der Waals surface area contributed by atoms with Crippen LogP contribution in [0.3, 0.4) is 0 Å². The topological polar surface area (TPSA) is 58.4 Å². The Morgan fingerprint density at radius 3 is 2.88 bits per heavy atom. The maximum atomic E-state index is 11.9. The molecule has 1 aliphatic heterocycles. The Balaban J connectivity index is 0.00000288. The summed E-state index contributed by atoms with van der Waals surface area (Å²) < 4.78 is 0. The highest BCUT2D eigenvalue weighted by molar-refractivity contribution is 7.98. The number of likely N-dealkylation sites (tertiary alicyclic amines) is 1. The van der Waals surface area contributed by atoms with Crippen molar-refractivity contribution in [3.8, 4) is 0 Å². The molecule has 1 aromatic carbocycles. The van der Waals surface area contributed by atoms with Crippen LogP contribution in [0.15, 0.2) is 30.3 Å². The van der Waals surface area contributed by atoms with Crippen molar-refractivity contribution < 1.29 is 4.79 Å². The molecule has 1 aliphatic rings. The standard InChI is InChI=1S/C18H29N3OS.ClH/c1-23-12-9-17(19)18(22)20-13-16-8-11-21(14-16)10-7-15-5-3-2-4-6-15;/h2-6,16-17H,7-14,19H2,1H3,(H,20,22);1H/t16?,17-;/m0./s1. The van der Waals surface area contributed by atoms with Crippen molar-refractivity contribution >= 4 is 30.1 Å². The molecule has 0 spiro atoms. The molecule has 1 aromatic rings. The molecule has 0 saturated carbocycles. The van der Waals surface area contributed by atoms with Crippen molar-refractivity contribution in [1.82, 2.24) is 10.2 Å². The van der Waals surface area contributed by atoms with Gasteiger partial charge in [-0.2, -0.15) is 11.8 Å². The number of nitrogens with zero attached hydrogens (tertiary/aromatic N) is 1. The van der Waals surface area contributed by atoms with Crippen molar-refractivity contribution in [2.24, 2.45) is 11.7 Å². The molecule has 136 valence electrons. The van der Waals surface area contributed by atoms with E-state index in [1.165, 1.54) is 5.56 Å².